The number of nitrogens with two attached hydrogens (primary N) is 1. The summed E-state index contributed by atoms with van der Waals surface area (Å²) in [5.41, 5.74) is 6.07. The van der Waals surface area contributed by atoms with E-state index >= 15 is 0 Å². The molecule has 4 heteroatoms. The lowest BCUT2D eigenvalue weighted by Gasteiger charge is -2.15. The quantitative estimate of drug-likeness (QED) is 0.828. The number of hydrogen-bond donors (Lipinski definition) is 1. The Kier molecular flexibility index (Phi) is 4.10. The van der Waals surface area contributed by atoms with Gasteiger partial charge in [-0.25, -0.2) is 0 Å². The third kappa shape index (κ3) is 3.32. The molecule has 1 aromatic heterocycles. The van der Waals surface area contributed by atoms with Crippen molar-refractivity contribution in [2.75, 3.05) is 7.11 Å². The lowest BCUT2D eigenvalue weighted by molar-refractivity contribution is -0.141. The summed E-state index contributed by atoms with van der Waals surface area (Å²) in [4.78, 5) is 13.4. The van der Waals surface area contributed by atoms with E-state index in [0.29, 0.717) is 0 Å². The monoisotopic (exact) mass is 241 g/mol. The normalized spacial score (nSPS) is 13.6. The van der Waals surface area contributed by atoms with Crippen LogP contribution >= 0.6 is 11.3 Å². The Labute approximate surface area is 101 Å². The van der Waals surface area contributed by atoms with E-state index in [0.717, 1.165) is 4.88 Å². The van der Waals surface area contributed by atoms with Gasteiger partial charge < -0.3 is 10.5 Å². The Morgan fingerprint density at radius 1 is 1.50 bits per heavy atom. The number of esters is 1. The van der Waals surface area contributed by atoms with E-state index in [2.05, 4.69) is 31.6 Å². The largest absolute Gasteiger partial charge is 0.469 e. The van der Waals surface area contributed by atoms with Crippen molar-refractivity contribution in [2.24, 2.45) is 5.73 Å². The maximum atomic E-state index is 11.1. The zero-order valence-electron chi connectivity index (χ0n) is 10.2. The summed E-state index contributed by atoms with van der Waals surface area (Å²) < 4.78 is 4.60. The van der Waals surface area contributed by atoms with Crippen LogP contribution in [0.5, 0.6) is 0 Å². The number of methoxy groups -OCH3 is 1. The van der Waals surface area contributed by atoms with E-state index < -0.39 is 0 Å². The molecule has 0 fully saturated rings. The van der Waals surface area contributed by atoms with Crippen molar-refractivity contribution in [2.45, 2.75) is 38.6 Å². The van der Waals surface area contributed by atoms with Crippen LogP contribution in [0.4, 0.5) is 0 Å². The van der Waals surface area contributed by atoms with Crippen LogP contribution in [0.15, 0.2) is 12.1 Å². The topological polar surface area (TPSA) is 52.3 Å². The van der Waals surface area contributed by atoms with Crippen LogP contribution in [-0.4, -0.2) is 13.1 Å². The number of ether oxygens (including phenoxy) is 1. The van der Waals surface area contributed by atoms with Crippen molar-refractivity contribution >= 4 is 17.3 Å². The summed E-state index contributed by atoms with van der Waals surface area (Å²) >= 11 is 1.67. The molecule has 1 aromatic rings. The van der Waals surface area contributed by atoms with Gasteiger partial charge in [0.15, 0.2) is 0 Å². The minimum absolute atomic E-state index is 0.133. The highest BCUT2D eigenvalue weighted by Gasteiger charge is 2.19. The van der Waals surface area contributed by atoms with E-state index in [-0.39, 0.29) is 23.8 Å². The summed E-state index contributed by atoms with van der Waals surface area (Å²) in [6, 6.07) is 3.82. The molecule has 0 spiro atoms. The van der Waals surface area contributed by atoms with E-state index in [4.69, 9.17) is 5.73 Å². The molecule has 0 bridgehead atoms. The van der Waals surface area contributed by atoms with E-state index in [1.165, 1.54) is 12.0 Å². The molecule has 1 atom stereocenters. The standard InChI is InChI=1S/C12H19NO2S/c1-12(2,3)10-6-5-9(16-10)8(13)7-11(14)15-4/h5-6,8H,7,13H2,1-4H3. The van der Waals surface area contributed by atoms with E-state index in [1.807, 2.05) is 6.07 Å². The molecule has 0 aliphatic heterocycles. The molecule has 1 unspecified atom stereocenters. The van der Waals surface area contributed by atoms with Gasteiger partial charge in [-0.05, 0) is 17.5 Å². The van der Waals surface area contributed by atoms with Crippen molar-refractivity contribution < 1.29 is 9.53 Å². The lowest BCUT2D eigenvalue weighted by Crippen LogP contribution is -2.15. The molecule has 0 aromatic carbocycles. The molecule has 0 saturated heterocycles. The first-order valence-corrected chi connectivity index (χ1v) is 6.09. The van der Waals surface area contributed by atoms with Crippen LogP contribution in [0.2, 0.25) is 0 Å². The van der Waals surface area contributed by atoms with Gasteiger partial charge in [-0.2, -0.15) is 0 Å². The SMILES string of the molecule is COC(=O)CC(N)c1ccc(C(C)(C)C)s1. The van der Waals surface area contributed by atoms with Crippen molar-refractivity contribution in [3.8, 4) is 0 Å². The molecular weight excluding hydrogens is 222 g/mol. The Bertz CT molecular complexity index is 365. The fraction of sp³-hybridized carbons (Fsp3) is 0.583. The number of carbonyl (C=O) groups excluding carboxylic acids is 1. The minimum Gasteiger partial charge on any atom is -0.469 e. The Morgan fingerprint density at radius 2 is 2.12 bits per heavy atom. The Balaban J connectivity index is 2.74. The molecule has 0 aliphatic rings. The van der Waals surface area contributed by atoms with Gasteiger partial charge in [-0.15, -0.1) is 11.3 Å². The van der Waals surface area contributed by atoms with Crippen LogP contribution in [0.25, 0.3) is 0 Å². The fourth-order valence-corrected chi connectivity index (χ4v) is 2.39. The maximum Gasteiger partial charge on any atom is 0.307 e. The molecule has 3 nitrogen and oxygen atoms in total. The summed E-state index contributed by atoms with van der Waals surface area (Å²) in [5.74, 6) is -0.266. The summed E-state index contributed by atoms with van der Waals surface area (Å²) in [5, 5.41) is 0. The molecule has 0 aliphatic carbocycles. The second kappa shape index (κ2) is 4.97. The average molecular weight is 241 g/mol. The highest BCUT2D eigenvalue weighted by molar-refractivity contribution is 7.12. The number of thiophene rings is 1. The summed E-state index contributed by atoms with van der Waals surface area (Å²) in [6.45, 7) is 6.48. The first kappa shape index (κ1) is 13.2. The minimum atomic E-state index is -0.266. The van der Waals surface area contributed by atoms with Crippen LogP contribution < -0.4 is 5.73 Å². The molecular formula is C12H19NO2S. The molecule has 0 amide bonds. The number of rotatable bonds is 3. The summed E-state index contributed by atoms with van der Waals surface area (Å²) in [6.07, 6.45) is 0.237. The zero-order chi connectivity index (χ0) is 12.3. The van der Waals surface area contributed by atoms with Gasteiger partial charge in [-0.3, -0.25) is 4.79 Å². The second-order valence-electron chi connectivity index (χ2n) is 4.84. The van der Waals surface area contributed by atoms with Gasteiger partial charge in [0.25, 0.3) is 0 Å². The van der Waals surface area contributed by atoms with Crippen molar-refractivity contribution in [1.82, 2.24) is 0 Å². The first-order valence-electron chi connectivity index (χ1n) is 5.27. The second-order valence-corrected chi connectivity index (χ2v) is 5.95. The molecule has 0 radical (unpaired) electrons. The van der Waals surface area contributed by atoms with E-state index in [9.17, 15) is 4.79 Å². The predicted octanol–water partition coefficient (Wildman–Crippen LogP) is 2.61. The Morgan fingerprint density at radius 3 is 2.56 bits per heavy atom. The third-order valence-corrected chi connectivity index (χ3v) is 3.99. The van der Waals surface area contributed by atoms with E-state index in [1.54, 1.807) is 11.3 Å². The first-order chi connectivity index (χ1) is 7.34. The zero-order valence-corrected chi connectivity index (χ0v) is 11.1. The van der Waals surface area contributed by atoms with Crippen LogP contribution in [0.3, 0.4) is 0 Å². The fourth-order valence-electron chi connectivity index (χ4n) is 1.32. The van der Waals surface area contributed by atoms with Crippen LogP contribution in [0.1, 0.15) is 43.0 Å². The third-order valence-electron chi connectivity index (χ3n) is 2.35. The maximum absolute atomic E-state index is 11.1. The highest BCUT2D eigenvalue weighted by Crippen LogP contribution is 2.32. The molecule has 2 N–H and O–H groups in total. The molecule has 16 heavy (non-hydrogen) atoms. The molecule has 1 heterocycles. The lowest BCUT2D eigenvalue weighted by atomic mass is 9.95. The van der Waals surface area contributed by atoms with Gasteiger partial charge in [0.1, 0.15) is 0 Å². The van der Waals surface area contributed by atoms with Gasteiger partial charge in [0, 0.05) is 15.8 Å². The van der Waals surface area contributed by atoms with Crippen LogP contribution in [0, 0.1) is 0 Å². The van der Waals surface area contributed by atoms with Gasteiger partial charge in [0.05, 0.1) is 13.5 Å². The van der Waals surface area contributed by atoms with Gasteiger partial charge in [0.2, 0.25) is 0 Å². The Hall–Kier alpha value is -0.870. The number of hydrogen-bond acceptors (Lipinski definition) is 4. The van der Waals surface area contributed by atoms with Crippen LogP contribution in [-0.2, 0) is 14.9 Å². The smallest absolute Gasteiger partial charge is 0.307 e. The van der Waals surface area contributed by atoms with Crippen molar-refractivity contribution in [3.63, 3.8) is 0 Å². The summed E-state index contributed by atoms with van der Waals surface area (Å²) in [7, 11) is 1.38. The molecule has 1 rings (SSSR count). The van der Waals surface area contributed by atoms with Crippen molar-refractivity contribution in [1.29, 1.82) is 0 Å². The molecule has 90 valence electrons. The number of carbonyl (C=O) groups is 1. The molecule has 0 saturated carbocycles. The van der Waals surface area contributed by atoms with Crippen molar-refractivity contribution in [3.05, 3.63) is 21.9 Å². The average Bonchev–Trinajstić information content (AvgIpc) is 2.65. The van der Waals surface area contributed by atoms with Gasteiger partial charge in [-0.1, -0.05) is 20.8 Å². The highest BCUT2D eigenvalue weighted by atomic mass is 32.1. The predicted molar refractivity (Wildman–Crippen MR) is 66.6 cm³/mol. The van der Waals surface area contributed by atoms with Gasteiger partial charge >= 0.3 is 5.97 Å².